The molecule has 0 saturated carbocycles. The summed E-state index contributed by atoms with van der Waals surface area (Å²) in [5, 5.41) is 3.96. The van der Waals surface area contributed by atoms with Crippen molar-refractivity contribution < 1.29 is 4.52 Å². The largest absolute Gasteiger partial charge is 0.337 e. The fourth-order valence-electron chi connectivity index (χ4n) is 1.65. The van der Waals surface area contributed by atoms with Crippen molar-refractivity contribution in [2.45, 2.75) is 19.4 Å². The summed E-state index contributed by atoms with van der Waals surface area (Å²) in [5.74, 6) is 1.00. The van der Waals surface area contributed by atoms with Crippen molar-refractivity contribution in [1.82, 2.24) is 10.1 Å². The maximum Gasteiger partial charge on any atom is 0.244 e. The third-order valence-electron chi connectivity index (χ3n) is 2.61. The molecule has 2 N–H and O–H groups in total. The molecule has 0 aliphatic carbocycles. The smallest absolute Gasteiger partial charge is 0.244 e. The van der Waals surface area contributed by atoms with Crippen LogP contribution in [0.2, 0.25) is 0 Å². The highest BCUT2D eigenvalue weighted by Crippen LogP contribution is 2.25. The van der Waals surface area contributed by atoms with Crippen molar-refractivity contribution in [1.29, 1.82) is 0 Å². The molecule has 1 aromatic heterocycles. The van der Waals surface area contributed by atoms with Crippen LogP contribution in [0.4, 0.5) is 0 Å². The van der Waals surface area contributed by atoms with E-state index in [9.17, 15) is 0 Å². The van der Waals surface area contributed by atoms with Crippen molar-refractivity contribution in [3.05, 3.63) is 46.8 Å². The molecular formula is C13H14BrN3O. The molecule has 0 aliphatic rings. The van der Waals surface area contributed by atoms with Gasteiger partial charge in [0.05, 0.1) is 6.04 Å². The van der Waals surface area contributed by atoms with E-state index in [4.69, 9.17) is 10.3 Å². The molecule has 1 heterocycles. The maximum atomic E-state index is 5.88. The minimum atomic E-state index is -0.292. The molecule has 1 unspecified atom stereocenters. The van der Waals surface area contributed by atoms with Crippen molar-refractivity contribution in [2.24, 2.45) is 5.73 Å². The number of hydrogen-bond acceptors (Lipinski definition) is 4. The summed E-state index contributed by atoms with van der Waals surface area (Å²) in [6, 6.07) is 5.61. The molecule has 0 amide bonds. The fourth-order valence-corrected chi connectivity index (χ4v) is 2.13. The van der Waals surface area contributed by atoms with Crippen LogP contribution in [0.25, 0.3) is 11.4 Å². The van der Waals surface area contributed by atoms with Crippen LogP contribution < -0.4 is 5.73 Å². The second-order valence-corrected chi connectivity index (χ2v) is 4.96. The summed E-state index contributed by atoms with van der Waals surface area (Å²) in [4.78, 5) is 4.32. The van der Waals surface area contributed by atoms with E-state index >= 15 is 0 Å². The molecule has 5 heteroatoms. The Balaban J connectivity index is 2.32. The van der Waals surface area contributed by atoms with Gasteiger partial charge in [0.1, 0.15) is 0 Å². The Morgan fingerprint density at radius 2 is 2.33 bits per heavy atom. The minimum Gasteiger partial charge on any atom is -0.337 e. The Kier molecular flexibility index (Phi) is 3.93. The number of aromatic nitrogens is 2. The highest BCUT2D eigenvalue weighted by molar-refractivity contribution is 9.10. The molecule has 2 rings (SSSR count). The first kappa shape index (κ1) is 13.0. The second-order valence-electron chi connectivity index (χ2n) is 4.05. The highest BCUT2D eigenvalue weighted by atomic mass is 79.9. The first-order valence-corrected chi connectivity index (χ1v) is 6.37. The Labute approximate surface area is 114 Å². The predicted octanol–water partition coefficient (Wildman–Crippen LogP) is 3.38. The number of rotatable bonds is 4. The zero-order valence-electron chi connectivity index (χ0n) is 10.1. The van der Waals surface area contributed by atoms with Crippen LogP contribution in [-0.4, -0.2) is 10.1 Å². The summed E-state index contributed by atoms with van der Waals surface area (Å²) >= 11 is 3.42. The summed E-state index contributed by atoms with van der Waals surface area (Å²) in [6.07, 6.45) is 2.35. The van der Waals surface area contributed by atoms with E-state index in [1.54, 1.807) is 6.08 Å². The van der Waals surface area contributed by atoms with Gasteiger partial charge in [-0.25, -0.2) is 0 Å². The van der Waals surface area contributed by atoms with Crippen LogP contribution in [0.3, 0.4) is 0 Å². The summed E-state index contributed by atoms with van der Waals surface area (Å²) in [6.45, 7) is 5.64. The van der Waals surface area contributed by atoms with Gasteiger partial charge in [-0.1, -0.05) is 27.2 Å². The van der Waals surface area contributed by atoms with Crippen LogP contribution in [-0.2, 0) is 0 Å². The topological polar surface area (TPSA) is 64.9 Å². The molecule has 0 bridgehead atoms. The number of hydrogen-bond donors (Lipinski definition) is 1. The van der Waals surface area contributed by atoms with Gasteiger partial charge in [-0.05, 0) is 37.1 Å². The zero-order chi connectivity index (χ0) is 13.1. The van der Waals surface area contributed by atoms with E-state index in [0.29, 0.717) is 18.1 Å². The Morgan fingerprint density at radius 1 is 1.56 bits per heavy atom. The van der Waals surface area contributed by atoms with Gasteiger partial charge < -0.3 is 10.3 Å². The average Bonchev–Trinajstić information content (AvgIpc) is 2.78. The van der Waals surface area contributed by atoms with Crippen molar-refractivity contribution in [3.8, 4) is 11.4 Å². The molecule has 0 radical (unpaired) electrons. The monoisotopic (exact) mass is 307 g/mol. The molecule has 2 aromatic rings. The lowest BCUT2D eigenvalue weighted by Crippen LogP contribution is -2.09. The number of nitrogens with zero attached hydrogens (tertiary/aromatic N) is 2. The Bertz CT molecular complexity index is 565. The molecule has 0 spiro atoms. The first-order valence-electron chi connectivity index (χ1n) is 5.58. The number of aryl methyl sites for hydroxylation is 1. The lowest BCUT2D eigenvalue weighted by Gasteiger charge is -2.01. The van der Waals surface area contributed by atoms with Gasteiger partial charge in [0.2, 0.25) is 11.7 Å². The highest BCUT2D eigenvalue weighted by Gasteiger charge is 2.15. The van der Waals surface area contributed by atoms with E-state index in [-0.39, 0.29) is 6.04 Å². The molecular weight excluding hydrogens is 294 g/mol. The van der Waals surface area contributed by atoms with Gasteiger partial charge in [-0.15, -0.1) is 6.58 Å². The van der Waals surface area contributed by atoms with E-state index in [2.05, 4.69) is 32.6 Å². The molecule has 0 aliphatic heterocycles. The third kappa shape index (κ3) is 2.68. The number of halogens is 1. The molecule has 18 heavy (non-hydrogen) atoms. The van der Waals surface area contributed by atoms with E-state index in [1.165, 1.54) is 0 Å². The minimum absolute atomic E-state index is 0.292. The molecule has 4 nitrogen and oxygen atoms in total. The van der Waals surface area contributed by atoms with Crippen molar-refractivity contribution >= 4 is 15.9 Å². The summed E-state index contributed by atoms with van der Waals surface area (Å²) in [7, 11) is 0. The predicted molar refractivity (Wildman–Crippen MR) is 73.9 cm³/mol. The van der Waals surface area contributed by atoms with Gasteiger partial charge in [0.15, 0.2) is 0 Å². The second kappa shape index (κ2) is 5.46. The number of benzene rings is 1. The summed E-state index contributed by atoms with van der Waals surface area (Å²) < 4.78 is 6.20. The van der Waals surface area contributed by atoms with Gasteiger partial charge in [-0.3, -0.25) is 0 Å². The molecule has 0 saturated heterocycles. The molecule has 1 atom stereocenters. The Morgan fingerprint density at radius 3 is 3.00 bits per heavy atom. The molecule has 94 valence electrons. The molecule has 1 aromatic carbocycles. The Hall–Kier alpha value is -1.46. The van der Waals surface area contributed by atoms with Crippen molar-refractivity contribution in [2.75, 3.05) is 0 Å². The van der Waals surface area contributed by atoms with Gasteiger partial charge in [0, 0.05) is 10.0 Å². The maximum absolute atomic E-state index is 5.88. The lowest BCUT2D eigenvalue weighted by atomic mass is 10.1. The van der Waals surface area contributed by atoms with Crippen LogP contribution in [0.1, 0.15) is 23.9 Å². The normalized spacial score (nSPS) is 12.4. The third-order valence-corrected chi connectivity index (χ3v) is 3.10. The van der Waals surface area contributed by atoms with Crippen LogP contribution >= 0.6 is 15.9 Å². The van der Waals surface area contributed by atoms with Gasteiger partial charge >= 0.3 is 0 Å². The fraction of sp³-hybridized carbons (Fsp3) is 0.231. The first-order chi connectivity index (χ1) is 8.61. The van der Waals surface area contributed by atoms with Crippen molar-refractivity contribution in [3.63, 3.8) is 0 Å². The van der Waals surface area contributed by atoms with E-state index in [0.717, 1.165) is 15.6 Å². The van der Waals surface area contributed by atoms with E-state index in [1.807, 2.05) is 25.1 Å². The van der Waals surface area contributed by atoms with E-state index < -0.39 is 0 Å². The van der Waals surface area contributed by atoms with Gasteiger partial charge in [-0.2, -0.15) is 4.98 Å². The summed E-state index contributed by atoms with van der Waals surface area (Å²) in [5.41, 5.74) is 7.91. The van der Waals surface area contributed by atoms with Crippen LogP contribution in [0, 0.1) is 6.92 Å². The average molecular weight is 308 g/mol. The number of nitrogens with two attached hydrogens (primary N) is 1. The SMILES string of the molecule is C=CCC(N)c1nc(-c2ccc(Br)cc2C)no1. The quantitative estimate of drug-likeness (QED) is 0.879. The van der Waals surface area contributed by atoms with Gasteiger partial charge in [0.25, 0.3) is 0 Å². The zero-order valence-corrected chi connectivity index (χ0v) is 11.6. The standard InChI is InChI=1S/C13H14BrN3O/c1-3-4-11(15)13-16-12(17-18-13)10-6-5-9(14)7-8(10)2/h3,5-7,11H,1,4,15H2,2H3. The molecule has 0 fully saturated rings. The van der Waals surface area contributed by atoms with Crippen LogP contribution in [0.15, 0.2) is 39.8 Å². The van der Waals surface area contributed by atoms with Crippen LogP contribution in [0.5, 0.6) is 0 Å². The lowest BCUT2D eigenvalue weighted by molar-refractivity contribution is 0.356.